The predicted octanol–water partition coefficient (Wildman–Crippen LogP) is 2.72. The molecule has 0 amide bonds. The van der Waals surface area contributed by atoms with Crippen molar-refractivity contribution >= 4 is 11.8 Å². The maximum atomic E-state index is 9.96. The molecule has 2 N–H and O–H groups in total. The predicted molar refractivity (Wildman–Crippen MR) is 87.8 cm³/mol. The minimum atomic E-state index is -0.476. The zero-order chi connectivity index (χ0) is 14.8. The van der Waals surface area contributed by atoms with Crippen LogP contribution in [0.1, 0.15) is 25.8 Å². The van der Waals surface area contributed by atoms with Crippen molar-refractivity contribution in [3.8, 4) is 5.75 Å². The van der Waals surface area contributed by atoms with E-state index < -0.39 is 6.10 Å². The van der Waals surface area contributed by atoms with Crippen LogP contribution in [0, 0.1) is 0 Å². The second-order valence-electron chi connectivity index (χ2n) is 4.93. The van der Waals surface area contributed by atoms with Gasteiger partial charge in [0.1, 0.15) is 18.5 Å². The molecule has 0 bridgehead atoms. The maximum Gasteiger partial charge on any atom is 0.119 e. The van der Waals surface area contributed by atoms with Gasteiger partial charge >= 0.3 is 0 Å². The quantitative estimate of drug-likeness (QED) is 0.697. The Balaban J connectivity index is 2.29. The smallest absolute Gasteiger partial charge is 0.119 e. The molecule has 1 aromatic rings. The van der Waals surface area contributed by atoms with Crippen molar-refractivity contribution in [2.75, 3.05) is 25.2 Å². The van der Waals surface area contributed by atoms with Crippen LogP contribution in [0.3, 0.4) is 0 Å². The summed E-state index contributed by atoms with van der Waals surface area (Å²) in [6.45, 7) is 5.18. The largest absolute Gasteiger partial charge is 0.491 e. The molecule has 1 aromatic carbocycles. The van der Waals surface area contributed by atoms with Gasteiger partial charge < -0.3 is 15.2 Å². The Morgan fingerprint density at radius 3 is 2.80 bits per heavy atom. The van der Waals surface area contributed by atoms with Gasteiger partial charge in [0.2, 0.25) is 0 Å². The fourth-order valence-electron chi connectivity index (χ4n) is 1.93. The first kappa shape index (κ1) is 17.3. The second kappa shape index (κ2) is 10.1. The highest BCUT2D eigenvalue weighted by atomic mass is 32.2. The van der Waals surface area contributed by atoms with Crippen molar-refractivity contribution in [3.05, 3.63) is 29.8 Å². The molecule has 0 aromatic heterocycles. The molecule has 2 atom stereocenters. The minimum absolute atomic E-state index is 0.329. The molecule has 0 saturated heterocycles. The lowest BCUT2D eigenvalue weighted by molar-refractivity contribution is 0.104. The Morgan fingerprint density at radius 2 is 2.15 bits per heavy atom. The molecule has 0 aliphatic rings. The lowest BCUT2D eigenvalue weighted by Crippen LogP contribution is -2.39. The number of hydrogen-bond acceptors (Lipinski definition) is 4. The molecule has 0 spiro atoms. The Morgan fingerprint density at radius 1 is 1.35 bits per heavy atom. The monoisotopic (exact) mass is 297 g/mol. The van der Waals surface area contributed by atoms with Crippen molar-refractivity contribution < 1.29 is 9.84 Å². The van der Waals surface area contributed by atoms with Crippen LogP contribution < -0.4 is 10.1 Å². The van der Waals surface area contributed by atoms with E-state index in [1.165, 1.54) is 5.56 Å². The number of rotatable bonds is 10. The van der Waals surface area contributed by atoms with Crippen LogP contribution in [0.25, 0.3) is 0 Å². The van der Waals surface area contributed by atoms with E-state index in [0.29, 0.717) is 19.2 Å². The Bertz CT molecular complexity index is 373. The molecule has 0 radical (unpaired) electrons. The number of benzene rings is 1. The Hall–Kier alpha value is -0.710. The number of ether oxygens (including phenoxy) is 1. The summed E-state index contributed by atoms with van der Waals surface area (Å²) in [6.07, 6.45) is 3.70. The molecule has 3 nitrogen and oxygen atoms in total. The van der Waals surface area contributed by atoms with E-state index in [0.717, 1.165) is 24.3 Å². The van der Waals surface area contributed by atoms with E-state index in [9.17, 15) is 5.11 Å². The number of aliphatic hydroxyl groups excluding tert-OH is 1. The van der Waals surface area contributed by atoms with Gasteiger partial charge in [-0.2, -0.15) is 11.8 Å². The first-order chi connectivity index (χ1) is 9.69. The SMILES string of the molecule is CCc1cccc(OCC(O)CNC(CC)CSC)c1. The van der Waals surface area contributed by atoms with Crippen LogP contribution in [0.15, 0.2) is 24.3 Å². The van der Waals surface area contributed by atoms with Crippen LogP contribution >= 0.6 is 11.8 Å². The lowest BCUT2D eigenvalue weighted by Gasteiger charge is -2.19. The molecule has 1 rings (SSSR count). The molecule has 2 unspecified atom stereocenters. The van der Waals surface area contributed by atoms with Gasteiger partial charge in [-0.15, -0.1) is 0 Å². The van der Waals surface area contributed by atoms with Crippen LogP contribution in [0.5, 0.6) is 5.75 Å². The molecule has 0 aliphatic heterocycles. The van der Waals surface area contributed by atoms with Crippen molar-refractivity contribution in [1.29, 1.82) is 0 Å². The Kier molecular flexibility index (Phi) is 8.74. The second-order valence-corrected chi connectivity index (χ2v) is 5.85. The van der Waals surface area contributed by atoms with Crippen molar-refractivity contribution in [1.82, 2.24) is 5.32 Å². The van der Waals surface area contributed by atoms with Gasteiger partial charge in [-0.25, -0.2) is 0 Å². The van der Waals surface area contributed by atoms with E-state index in [1.54, 1.807) is 0 Å². The summed E-state index contributed by atoms with van der Waals surface area (Å²) in [7, 11) is 0. The van der Waals surface area contributed by atoms with Gasteiger partial charge in [0.05, 0.1) is 0 Å². The molecule has 114 valence electrons. The fraction of sp³-hybridized carbons (Fsp3) is 0.625. The van der Waals surface area contributed by atoms with Gasteiger partial charge in [0.25, 0.3) is 0 Å². The summed E-state index contributed by atoms with van der Waals surface area (Å²) < 4.78 is 5.64. The number of nitrogens with one attached hydrogen (secondary N) is 1. The number of aryl methyl sites for hydroxylation is 1. The van der Waals surface area contributed by atoms with E-state index in [1.807, 2.05) is 30.0 Å². The highest BCUT2D eigenvalue weighted by Crippen LogP contribution is 2.13. The van der Waals surface area contributed by atoms with E-state index in [2.05, 4.69) is 31.5 Å². The van der Waals surface area contributed by atoms with Crippen molar-refractivity contribution in [3.63, 3.8) is 0 Å². The van der Waals surface area contributed by atoms with Crippen LogP contribution in [-0.4, -0.2) is 42.4 Å². The van der Waals surface area contributed by atoms with E-state index in [-0.39, 0.29) is 0 Å². The van der Waals surface area contributed by atoms with Crippen molar-refractivity contribution in [2.24, 2.45) is 0 Å². The number of hydrogen-bond donors (Lipinski definition) is 2. The molecule has 0 heterocycles. The lowest BCUT2D eigenvalue weighted by atomic mass is 10.2. The van der Waals surface area contributed by atoms with Gasteiger partial charge in [-0.1, -0.05) is 26.0 Å². The summed E-state index contributed by atoms with van der Waals surface area (Å²) in [6, 6.07) is 8.50. The van der Waals surface area contributed by atoms with Crippen LogP contribution in [0.2, 0.25) is 0 Å². The fourth-order valence-corrected chi connectivity index (χ4v) is 2.69. The molecule has 4 heteroatoms. The normalized spacial score (nSPS) is 14.0. The summed E-state index contributed by atoms with van der Waals surface area (Å²) in [5, 5.41) is 13.3. The zero-order valence-corrected chi connectivity index (χ0v) is 13.6. The summed E-state index contributed by atoms with van der Waals surface area (Å²) in [5.74, 6) is 1.90. The van der Waals surface area contributed by atoms with Crippen LogP contribution in [-0.2, 0) is 6.42 Å². The maximum absolute atomic E-state index is 9.96. The third kappa shape index (κ3) is 6.64. The van der Waals surface area contributed by atoms with Gasteiger partial charge in [0.15, 0.2) is 0 Å². The standard InChI is InChI=1S/C16H27NO2S/c1-4-13-7-6-8-16(9-13)19-11-15(18)10-17-14(5-2)12-20-3/h6-9,14-15,17-18H,4-5,10-12H2,1-3H3. The average Bonchev–Trinajstić information content (AvgIpc) is 2.49. The topological polar surface area (TPSA) is 41.5 Å². The summed E-state index contributed by atoms with van der Waals surface area (Å²) >= 11 is 1.82. The summed E-state index contributed by atoms with van der Waals surface area (Å²) in [4.78, 5) is 0. The highest BCUT2D eigenvalue weighted by molar-refractivity contribution is 7.98. The average molecular weight is 297 g/mol. The minimum Gasteiger partial charge on any atom is -0.491 e. The van der Waals surface area contributed by atoms with Crippen molar-refractivity contribution in [2.45, 2.75) is 38.8 Å². The first-order valence-corrected chi connectivity index (χ1v) is 8.71. The Labute approximate surface area is 127 Å². The molecule has 0 saturated carbocycles. The molecule has 0 fully saturated rings. The molecular weight excluding hydrogens is 270 g/mol. The third-order valence-electron chi connectivity index (χ3n) is 3.25. The first-order valence-electron chi connectivity index (χ1n) is 7.31. The van der Waals surface area contributed by atoms with Crippen LogP contribution in [0.4, 0.5) is 0 Å². The summed E-state index contributed by atoms with van der Waals surface area (Å²) in [5.41, 5.74) is 1.25. The van der Waals surface area contributed by atoms with Gasteiger partial charge in [0, 0.05) is 18.3 Å². The van der Waals surface area contributed by atoms with Gasteiger partial charge in [-0.05, 0) is 36.8 Å². The number of thioether (sulfide) groups is 1. The third-order valence-corrected chi connectivity index (χ3v) is 3.99. The highest BCUT2D eigenvalue weighted by Gasteiger charge is 2.09. The van der Waals surface area contributed by atoms with E-state index >= 15 is 0 Å². The molecule has 0 aliphatic carbocycles. The van der Waals surface area contributed by atoms with Gasteiger partial charge in [-0.3, -0.25) is 0 Å². The zero-order valence-electron chi connectivity index (χ0n) is 12.8. The molecule has 20 heavy (non-hydrogen) atoms. The number of aliphatic hydroxyl groups is 1. The molecular formula is C16H27NO2S. The van der Waals surface area contributed by atoms with E-state index in [4.69, 9.17) is 4.74 Å².